The maximum Gasteiger partial charge on any atom is 0.337 e. The third-order valence-corrected chi connectivity index (χ3v) is 5.99. The molecular weight excluding hydrogens is 444 g/mol. The van der Waals surface area contributed by atoms with Crippen molar-refractivity contribution in [2.24, 2.45) is 22.4 Å². The van der Waals surface area contributed by atoms with Crippen molar-refractivity contribution in [3.8, 4) is 5.88 Å². The molecule has 3 aromatic carbocycles. The van der Waals surface area contributed by atoms with Crippen LogP contribution in [-0.2, 0) is 9.53 Å². The number of carbonyl (C=O) groups excluding carboxylic acids is 2. The first kappa shape index (κ1) is 23.7. The molecule has 8 nitrogen and oxygen atoms in total. The smallest absolute Gasteiger partial charge is 0.337 e. The summed E-state index contributed by atoms with van der Waals surface area (Å²) in [5, 5.41) is 11.5. The second-order valence-electron chi connectivity index (χ2n) is 8.24. The molecule has 0 fully saturated rings. The summed E-state index contributed by atoms with van der Waals surface area (Å²) in [7, 11) is 1.32. The maximum atomic E-state index is 11.9. The van der Waals surface area contributed by atoms with E-state index < -0.39 is 23.8 Å². The minimum Gasteiger partial charge on any atom is -0.494 e. The number of ether oxygens (including phenoxy) is 1. The van der Waals surface area contributed by atoms with Gasteiger partial charge in [0.1, 0.15) is 0 Å². The molecule has 0 saturated heterocycles. The van der Waals surface area contributed by atoms with Crippen LogP contribution < -0.4 is 11.5 Å². The fourth-order valence-electron chi connectivity index (χ4n) is 3.89. The van der Waals surface area contributed by atoms with Crippen molar-refractivity contribution in [2.75, 3.05) is 7.11 Å². The highest BCUT2D eigenvalue weighted by molar-refractivity contribution is 6.22. The van der Waals surface area contributed by atoms with Crippen molar-refractivity contribution < 1.29 is 19.4 Å². The Morgan fingerprint density at radius 1 is 1.00 bits per heavy atom. The molecule has 1 heterocycles. The van der Waals surface area contributed by atoms with Crippen molar-refractivity contribution in [3.05, 3.63) is 95.1 Å². The van der Waals surface area contributed by atoms with Crippen molar-refractivity contribution in [1.29, 1.82) is 0 Å². The van der Waals surface area contributed by atoms with Gasteiger partial charge in [0.2, 0.25) is 5.91 Å². The van der Waals surface area contributed by atoms with E-state index in [0.717, 1.165) is 11.1 Å². The normalized spacial score (nSPS) is 13.4. The lowest BCUT2D eigenvalue weighted by Gasteiger charge is -2.17. The fraction of sp³-hybridized carbons (Fsp3) is 0.148. The monoisotopic (exact) mass is 470 g/mol. The minimum atomic E-state index is -0.527. The molecule has 35 heavy (non-hydrogen) atoms. The standard InChI is InChI=1S/C27H26N4O4/c1-15(25(29)32)23(28)16-8-11-19(12-9-16)30-24(17-6-4-3-5-7-17)22-20-13-10-18(27(34)35-2)14-21(20)31-26(22)33/h3-15,23,31,33H,28H2,1-2H3,(H2,29,32). The van der Waals surface area contributed by atoms with Crippen LogP contribution in [0.3, 0.4) is 0 Å². The van der Waals surface area contributed by atoms with Gasteiger partial charge in [-0.15, -0.1) is 0 Å². The first-order valence-electron chi connectivity index (χ1n) is 11.0. The SMILES string of the molecule is COC(=O)c1ccc2c(C(=Nc3ccc(C(N)C(C)C(N)=O)cc3)c3ccccc3)c(O)[nH]c2c1. The van der Waals surface area contributed by atoms with Gasteiger partial charge in [0.15, 0.2) is 5.88 Å². The second-order valence-corrected chi connectivity index (χ2v) is 8.24. The largest absolute Gasteiger partial charge is 0.494 e. The van der Waals surface area contributed by atoms with Crippen molar-refractivity contribution in [1.82, 2.24) is 4.98 Å². The van der Waals surface area contributed by atoms with Crippen LogP contribution in [-0.4, -0.2) is 34.8 Å². The summed E-state index contributed by atoms with van der Waals surface area (Å²) in [6.07, 6.45) is 0. The summed E-state index contributed by atoms with van der Waals surface area (Å²) in [5.41, 5.74) is 15.7. The van der Waals surface area contributed by atoms with Gasteiger partial charge in [0, 0.05) is 22.5 Å². The van der Waals surface area contributed by atoms with E-state index in [9.17, 15) is 14.7 Å². The van der Waals surface area contributed by atoms with Gasteiger partial charge in [-0.25, -0.2) is 9.79 Å². The van der Waals surface area contributed by atoms with Gasteiger partial charge in [0.05, 0.1) is 35.6 Å². The molecule has 0 spiro atoms. The summed E-state index contributed by atoms with van der Waals surface area (Å²) < 4.78 is 4.80. The van der Waals surface area contributed by atoms with Gasteiger partial charge in [-0.05, 0) is 29.8 Å². The zero-order chi connectivity index (χ0) is 25.1. The zero-order valence-electron chi connectivity index (χ0n) is 19.4. The maximum absolute atomic E-state index is 11.9. The van der Waals surface area contributed by atoms with Gasteiger partial charge in [0.25, 0.3) is 0 Å². The number of rotatable bonds is 7. The predicted molar refractivity (Wildman–Crippen MR) is 135 cm³/mol. The molecule has 4 rings (SSSR count). The number of hydrogen-bond acceptors (Lipinski definition) is 6. The molecule has 178 valence electrons. The summed E-state index contributed by atoms with van der Waals surface area (Å²) in [5.74, 6) is -1.51. The number of primary amides is 1. The first-order chi connectivity index (χ1) is 16.8. The summed E-state index contributed by atoms with van der Waals surface area (Å²) in [6, 6.07) is 21.2. The van der Waals surface area contributed by atoms with E-state index in [0.29, 0.717) is 33.4 Å². The van der Waals surface area contributed by atoms with Gasteiger partial charge in [-0.3, -0.25) is 4.79 Å². The number of nitrogens with one attached hydrogen (secondary N) is 1. The molecule has 6 N–H and O–H groups in total. The quantitative estimate of drug-likeness (QED) is 0.239. The number of aromatic hydroxyl groups is 1. The topological polar surface area (TPSA) is 144 Å². The number of H-pyrrole nitrogens is 1. The average Bonchev–Trinajstić information content (AvgIpc) is 3.21. The predicted octanol–water partition coefficient (Wildman–Crippen LogP) is 3.95. The highest BCUT2D eigenvalue weighted by atomic mass is 16.5. The Kier molecular flexibility index (Phi) is 6.66. The molecule has 2 unspecified atom stereocenters. The Morgan fingerprint density at radius 2 is 1.69 bits per heavy atom. The molecule has 0 bridgehead atoms. The van der Waals surface area contributed by atoms with E-state index in [4.69, 9.17) is 21.2 Å². The van der Waals surface area contributed by atoms with E-state index in [1.807, 2.05) is 42.5 Å². The summed E-state index contributed by atoms with van der Waals surface area (Å²) in [6.45, 7) is 1.69. The number of hydrogen-bond donors (Lipinski definition) is 4. The Morgan fingerprint density at radius 3 is 2.31 bits per heavy atom. The Labute approximate surface area is 202 Å². The minimum absolute atomic E-state index is 0.0708. The fourth-order valence-corrected chi connectivity index (χ4v) is 3.89. The number of fused-ring (bicyclic) bond motifs is 1. The van der Waals surface area contributed by atoms with Gasteiger partial charge in [-0.1, -0.05) is 55.5 Å². The molecule has 0 saturated carbocycles. The average molecular weight is 471 g/mol. The van der Waals surface area contributed by atoms with Crippen LogP contribution in [0.5, 0.6) is 5.88 Å². The number of carbonyl (C=O) groups is 2. The van der Waals surface area contributed by atoms with Crippen LogP contribution in [0.25, 0.3) is 10.9 Å². The lowest BCUT2D eigenvalue weighted by atomic mass is 9.95. The molecule has 1 amide bonds. The molecule has 1 aromatic heterocycles. The van der Waals surface area contributed by atoms with E-state index in [1.165, 1.54) is 7.11 Å². The van der Waals surface area contributed by atoms with Crippen LogP contribution in [0.15, 0.2) is 77.8 Å². The van der Waals surface area contributed by atoms with E-state index in [-0.39, 0.29) is 5.88 Å². The Bertz CT molecular complexity index is 1410. The highest BCUT2D eigenvalue weighted by Gasteiger charge is 2.21. The number of methoxy groups -OCH3 is 1. The van der Waals surface area contributed by atoms with Gasteiger partial charge < -0.3 is 26.3 Å². The van der Waals surface area contributed by atoms with E-state index >= 15 is 0 Å². The molecule has 0 aliphatic rings. The van der Waals surface area contributed by atoms with Crippen molar-refractivity contribution >= 4 is 34.2 Å². The van der Waals surface area contributed by atoms with Gasteiger partial charge >= 0.3 is 5.97 Å². The number of aromatic amines is 1. The van der Waals surface area contributed by atoms with Crippen LogP contribution in [0, 0.1) is 5.92 Å². The molecule has 4 aromatic rings. The number of nitrogens with zero attached hydrogens (tertiary/aromatic N) is 1. The third kappa shape index (κ3) is 4.78. The van der Waals surface area contributed by atoms with Crippen LogP contribution in [0.2, 0.25) is 0 Å². The molecule has 0 aliphatic carbocycles. The van der Waals surface area contributed by atoms with E-state index in [1.54, 1.807) is 37.3 Å². The molecule has 0 aliphatic heterocycles. The highest BCUT2D eigenvalue weighted by Crippen LogP contribution is 2.32. The van der Waals surface area contributed by atoms with Crippen molar-refractivity contribution in [3.63, 3.8) is 0 Å². The number of nitrogens with two attached hydrogens (primary N) is 2. The Hall–Kier alpha value is -4.43. The van der Waals surface area contributed by atoms with E-state index in [2.05, 4.69) is 4.98 Å². The number of benzene rings is 3. The molecule has 2 atom stereocenters. The second kappa shape index (κ2) is 9.82. The Balaban J connectivity index is 1.81. The number of aromatic nitrogens is 1. The lowest BCUT2D eigenvalue weighted by molar-refractivity contribution is -0.121. The number of amides is 1. The molecule has 0 radical (unpaired) electrons. The summed E-state index contributed by atoms with van der Waals surface area (Å²) in [4.78, 5) is 31.2. The van der Waals surface area contributed by atoms with Crippen LogP contribution in [0.1, 0.15) is 40.0 Å². The molecular formula is C27H26N4O4. The zero-order valence-corrected chi connectivity index (χ0v) is 19.4. The summed E-state index contributed by atoms with van der Waals surface area (Å²) >= 11 is 0. The van der Waals surface area contributed by atoms with Gasteiger partial charge in [-0.2, -0.15) is 0 Å². The van der Waals surface area contributed by atoms with Crippen LogP contribution >= 0.6 is 0 Å². The number of aliphatic imine (C=N–C) groups is 1. The first-order valence-corrected chi connectivity index (χ1v) is 11.0. The molecule has 8 heteroatoms. The van der Waals surface area contributed by atoms with Crippen molar-refractivity contribution in [2.45, 2.75) is 13.0 Å². The van der Waals surface area contributed by atoms with Crippen LogP contribution in [0.4, 0.5) is 5.69 Å². The lowest BCUT2D eigenvalue weighted by Crippen LogP contribution is -2.30. The third-order valence-electron chi connectivity index (χ3n) is 5.99. The number of esters is 1.